The van der Waals surface area contributed by atoms with Crippen LogP contribution in [-0.4, -0.2) is 40.6 Å². The lowest BCUT2D eigenvalue weighted by atomic mass is 9.99. The fourth-order valence-corrected chi connectivity index (χ4v) is 4.73. The number of halogens is 2. The summed E-state index contributed by atoms with van der Waals surface area (Å²) >= 11 is 0. The van der Waals surface area contributed by atoms with Crippen LogP contribution in [0.4, 0.5) is 14.6 Å². The number of aryl methyl sites for hydroxylation is 2. The van der Waals surface area contributed by atoms with Crippen molar-refractivity contribution in [1.29, 1.82) is 0 Å². The number of rotatable bonds is 7. The number of piperidine rings is 1. The minimum Gasteiger partial charge on any atom is -0.461 e. The molecule has 1 saturated heterocycles. The maximum absolute atomic E-state index is 13.4. The van der Waals surface area contributed by atoms with Crippen LogP contribution in [-0.2, 0) is 11.2 Å². The molecule has 1 aliphatic heterocycles. The largest absolute Gasteiger partial charge is 0.461 e. The van der Waals surface area contributed by atoms with E-state index >= 15 is 0 Å². The second-order valence-electron chi connectivity index (χ2n) is 9.97. The molecule has 0 atom stereocenters. The number of nitrogen functional groups attached to an aromatic ring is 1. The molecule has 3 heterocycles. The molecule has 1 fully saturated rings. The van der Waals surface area contributed by atoms with E-state index in [1.807, 2.05) is 37.3 Å². The minimum absolute atomic E-state index is 0.0161. The zero-order valence-electron chi connectivity index (χ0n) is 21.6. The van der Waals surface area contributed by atoms with Crippen LogP contribution in [0.15, 0.2) is 71.3 Å². The number of fused-ring (bicyclic) bond motifs is 1. The van der Waals surface area contributed by atoms with Crippen LogP contribution in [0.1, 0.15) is 46.5 Å². The van der Waals surface area contributed by atoms with Gasteiger partial charge in [0.2, 0.25) is 0 Å². The molecule has 0 spiro atoms. The molecule has 0 radical (unpaired) electrons. The summed E-state index contributed by atoms with van der Waals surface area (Å²) in [5, 5.41) is 0.935. The number of carbonyl (C=O) groups is 2. The Bertz CT molecular complexity index is 1530. The predicted octanol–water partition coefficient (Wildman–Crippen LogP) is 6.47. The van der Waals surface area contributed by atoms with Crippen molar-refractivity contribution in [3.63, 3.8) is 0 Å². The fourth-order valence-electron chi connectivity index (χ4n) is 4.73. The monoisotopic (exact) mass is 529 g/mol. The number of ketones is 1. The molecule has 0 saturated carbocycles. The molecule has 1 amide bonds. The van der Waals surface area contributed by atoms with E-state index in [1.165, 1.54) is 11.0 Å². The van der Waals surface area contributed by atoms with Crippen molar-refractivity contribution in [2.45, 2.75) is 38.5 Å². The highest BCUT2D eigenvalue weighted by atomic mass is 19.3. The first-order chi connectivity index (χ1) is 18.7. The Kier molecular flexibility index (Phi) is 7.28. The third-order valence-electron chi connectivity index (χ3n) is 6.99. The minimum atomic E-state index is -2.69. The molecule has 2 aromatic carbocycles. The molecular formula is C31H29F2N3O3. The van der Waals surface area contributed by atoms with Crippen LogP contribution in [0.2, 0.25) is 0 Å². The zero-order valence-corrected chi connectivity index (χ0v) is 21.6. The van der Waals surface area contributed by atoms with Crippen LogP contribution >= 0.6 is 0 Å². The lowest BCUT2D eigenvalue weighted by Crippen LogP contribution is -2.42. The van der Waals surface area contributed by atoms with E-state index in [9.17, 15) is 18.4 Å². The Labute approximate surface area is 225 Å². The highest BCUT2D eigenvalue weighted by molar-refractivity contribution is 5.95. The van der Waals surface area contributed by atoms with Crippen molar-refractivity contribution in [3.05, 3.63) is 89.3 Å². The number of nitrogens with zero attached hydrogens (tertiary/aromatic N) is 2. The third-order valence-corrected chi connectivity index (χ3v) is 6.99. The standard InChI is InChI=1S/C31H29F2N3O3/c1-20-16-24(22-4-6-23(7-5-22)30(38)36-14-12-31(32,33)13-15-36)17-25-18-27(39-29(20)25)10-9-26(37)8-2-21-3-11-28(34)35-19-21/h2-8,11,16-19H,9-10,12-15H2,1H3,(H2,34,35)/b8-2+. The van der Waals surface area contributed by atoms with E-state index in [0.29, 0.717) is 24.2 Å². The number of anilines is 1. The Balaban J connectivity index is 1.24. The quantitative estimate of drug-likeness (QED) is 0.277. The molecule has 8 heteroatoms. The Morgan fingerprint density at radius 2 is 1.79 bits per heavy atom. The Morgan fingerprint density at radius 3 is 2.49 bits per heavy atom. The average Bonchev–Trinajstić information content (AvgIpc) is 3.35. The molecule has 2 N–H and O–H groups in total. The SMILES string of the molecule is Cc1cc(-c2ccc(C(=O)N3CCC(F)(F)CC3)cc2)cc2cc(CCC(=O)/C=C/c3ccc(N)nc3)oc12. The molecular weight excluding hydrogens is 500 g/mol. The lowest BCUT2D eigenvalue weighted by molar-refractivity contribution is -0.114. The number of alkyl halides is 2. The summed E-state index contributed by atoms with van der Waals surface area (Å²) in [6.07, 6.45) is 5.06. The number of carbonyl (C=O) groups excluding carboxylic acids is 2. The summed E-state index contributed by atoms with van der Waals surface area (Å²) in [4.78, 5) is 30.6. The number of allylic oxidation sites excluding steroid dienone is 1. The van der Waals surface area contributed by atoms with Gasteiger partial charge in [-0.15, -0.1) is 0 Å². The van der Waals surface area contributed by atoms with E-state index in [4.69, 9.17) is 10.2 Å². The van der Waals surface area contributed by atoms with E-state index in [2.05, 4.69) is 4.98 Å². The second kappa shape index (κ2) is 10.8. The average molecular weight is 530 g/mol. The number of amides is 1. The second-order valence-corrected chi connectivity index (χ2v) is 9.97. The first-order valence-corrected chi connectivity index (χ1v) is 12.9. The molecule has 200 valence electrons. The number of likely N-dealkylation sites (tertiary alicyclic amines) is 1. The van der Waals surface area contributed by atoms with Gasteiger partial charge >= 0.3 is 0 Å². The van der Waals surface area contributed by atoms with Gasteiger partial charge in [0.15, 0.2) is 5.78 Å². The van der Waals surface area contributed by atoms with Crippen molar-refractivity contribution in [1.82, 2.24) is 9.88 Å². The maximum atomic E-state index is 13.4. The molecule has 39 heavy (non-hydrogen) atoms. The number of aromatic nitrogens is 1. The van der Waals surface area contributed by atoms with Gasteiger partial charge in [0.1, 0.15) is 17.2 Å². The summed E-state index contributed by atoms with van der Waals surface area (Å²) in [5.41, 5.74) is 10.5. The number of furan rings is 1. The fraction of sp³-hybridized carbons (Fsp3) is 0.258. The third kappa shape index (κ3) is 6.22. The molecule has 0 bridgehead atoms. The number of benzene rings is 2. The summed E-state index contributed by atoms with van der Waals surface area (Å²) < 4.78 is 32.9. The van der Waals surface area contributed by atoms with E-state index in [-0.39, 0.29) is 37.6 Å². The van der Waals surface area contributed by atoms with Crippen LogP contribution < -0.4 is 5.73 Å². The smallest absolute Gasteiger partial charge is 0.253 e. The van der Waals surface area contributed by atoms with Gasteiger partial charge in [0.25, 0.3) is 11.8 Å². The van der Waals surface area contributed by atoms with Crippen molar-refractivity contribution in [3.8, 4) is 11.1 Å². The van der Waals surface area contributed by atoms with Crippen LogP contribution in [0.25, 0.3) is 28.2 Å². The van der Waals surface area contributed by atoms with Gasteiger partial charge in [0, 0.05) is 55.9 Å². The van der Waals surface area contributed by atoms with Crippen molar-refractivity contribution < 1.29 is 22.8 Å². The first-order valence-electron chi connectivity index (χ1n) is 12.9. The van der Waals surface area contributed by atoms with Gasteiger partial charge in [-0.05, 0) is 83.8 Å². The predicted molar refractivity (Wildman–Crippen MR) is 147 cm³/mol. The highest BCUT2D eigenvalue weighted by Crippen LogP contribution is 2.31. The van der Waals surface area contributed by atoms with Crippen molar-refractivity contribution in [2.75, 3.05) is 18.8 Å². The van der Waals surface area contributed by atoms with E-state index in [0.717, 1.165) is 39.0 Å². The summed E-state index contributed by atoms with van der Waals surface area (Å²) in [5.74, 6) is -1.77. The molecule has 1 aliphatic rings. The van der Waals surface area contributed by atoms with Crippen molar-refractivity contribution >= 4 is 34.6 Å². The van der Waals surface area contributed by atoms with Gasteiger partial charge in [-0.3, -0.25) is 9.59 Å². The first kappa shape index (κ1) is 26.3. The summed E-state index contributed by atoms with van der Waals surface area (Å²) in [6, 6.07) is 16.7. The van der Waals surface area contributed by atoms with E-state index < -0.39 is 5.92 Å². The van der Waals surface area contributed by atoms with Crippen LogP contribution in [0, 0.1) is 6.92 Å². The number of hydrogen-bond acceptors (Lipinski definition) is 5. The summed E-state index contributed by atoms with van der Waals surface area (Å²) in [7, 11) is 0. The van der Waals surface area contributed by atoms with Gasteiger partial charge < -0.3 is 15.1 Å². The molecule has 2 aromatic heterocycles. The van der Waals surface area contributed by atoms with Crippen molar-refractivity contribution in [2.24, 2.45) is 0 Å². The van der Waals surface area contributed by atoms with Crippen LogP contribution in [0.3, 0.4) is 0 Å². The number of hydrogen-bond donors (Lipinski definition) is 1. The van der Waals surface area contributed by atoms with Gasteiger partial charge in [0.05, 0.1) is 0 Å². The highest BCUT2D eigenvalue weighted by Gasteiger charge is 2.35. The number of nitrogens with two attached hydrogens (primary N) is 1. The van der Waals surface area contributed by atoms with Gasteiger partial charge in [-0.2, -0.15) is 0 Å². The topological polar surface area (TPSA) is 89.4 Å². The molecule has 0 unspecified atom stereocenters. The normalized spacial score (nSPS) is 15.2. The molecule has 0 aliphatic carbocycles. The van der Waals surface area contributed by atoms with E-state index in [1.54, 1.807) is 36.5 Å². The molecule has 6 nitrogen and oxygen atoms in total. The zero-order chi connectivity index (χ0) is 27.6. The van der Waals surface area contributed by atoms with Gasteiger partial charge in [-0.25, -0.2) is 13.8 Å². The Hall–Kier alpha value is -4.33. The molecule has 5 rings (SSSR count). The summed E-state index contributed by atoms with van der Waals surface area (Å²) in [6.45, 7) is 2.10. The molecule has 4 aromatic rings. The maximum Gasteiger partial charge on any atom is 0.253 e. The van der Waals surface area contributed by atoms with Crippen LogP contribution in [0.5, 0.6) is 0 Å². The number of pyridine rings is 1. The lowest BCUT2D eigenvalue weighted by Gasteiger charge is -2.31. The Morgan fingerprint density at radius 1 is 1.05 bits per heavy atom. The van der Waals surface area contributed by atoms with Gasteiger partial charge in [-0.1, -0.05) is 12.1 Å².